The Balaban J connectivity index is 2.72. The van der Waals surface area contributed by atoms with Gasteiger partial charge in [0.25, 0.3) is 0 Å². The van der Waals surface area contributed by atoms with Crippen LogP contribution in [0.5, 0.6) is 0 Å². The molecule has 0 heterocycles. The molecule has 102 valence electrons. The smallest absolute Gasteiger partial charge is 0.228 e. The van der Waals surface area contributed by atoms with Crippen molar-refractivity contribution in [3.63, 3.8) is 0 Å². The van der Waals surface area contributed by atoms with Crippen molar-refractivity contribution in [2.75, 3.05) is 18.4 Å². The zero-order chi connectivity index (χ0) is 13.3. The minimum Gasteiger partial charge on any atom is -0.328 e. The Kier molecular flexibility index (Phi) is 4.56. The third-order valence-electron chi connectivity index (χ3n) is 3.06. The maximum Gasteiger partial charge on any atom is 0.228 e. The van der Waals surface area contributed by atoms with Crippen molar-refractivity contribution in [3.8, 4) is 0 Å². The Labute approximate surface area is 103 Å². The first-order chi connectivity index (χ1) is 7.62. The van der Waals surface area contributed by atoms with Gasteiger partial charge in [0.1, 0.15) is 0 Å². The van der Waals surface area contributed by atoms with Crippen LogP contribution in [0.15, 0.2) is 0 Å². The lowest BCUT2D eigenvalue weighted by molar-refractivity contribution is 0.269. The third-order valence-corrected chi connectivity index (χ3v) is 7.14. The van der Waals surface area contributed by atoms with E-state index in [9.17, 15) is 16.8 Å². The van der Waals surface area contributed by atoms with E-state index in [2.05, 4.69) is 0 Å². The van der Waals surface area contributed by atoms with Gasteiger partial charge in [0.15, 0.2) is 14.9 Å². The van der Waals surface area contributed by atoms with Gasteiger partial charge in [-0.3, -0.25) is 0 Å². The van der Waals surface area contributed by atoms with Crippen molar-refractivity contribution in [1.82, 2.24) is 4.31 Å². The van der Waals surface area contributed by atoms with Crippen molar-refractivity contribution in [2.24, 2.45) is 5.73 Å². The first-order valence-corrected chi connectivity index (χ1v) is 9.18. The van der Waals surface area contributed by atoms with Crippen LogP contribution in [-0.4, -0.2) is 51.6 Å². The fourth-order valence-corrected chi connectivity index (χ4v) is 5.54. The molecule has 0 bridgehead atoms. The molecular formula is C9H20N2O4S2. The van der Waals surface area contributed by atoms with E-state index in [1.165, 1.54) is 11.4 Å². The molecule has 0 saturated heterocycles. The van der Waals surface area contributed by atoms with Gasteiger partial charge in [-0.15, -0.1) is 0 Å². The van der Waals surface area contributed by atoms with Crippen LogP contribution in [0.4, 0.5) is 0 Å². The first kappa shape index (κ1) is 14.9. The summed E-state index contributed by atoms with van der Waals surface area (Å²) in [5.41, 5.74) is 5.74. The van der Waals surface area contributed by atoms with E-state index < -0.39 is 24.9 Å². The summed E-state index contributed by atoms with van der Waals surface area (Å²) in [6.07, 6.45) is 3.88. The molecule has 6 nitrogen and oxygen atoms in total. The summed E-state index contributed by atoms with van der Waals surface area (Å²) in [7, 11) is -5.81. The second-order valence-electron chi connectivity index (χ2n) is 4.74. The zero-order valence-corrected chi connectivity index (χ0v) is 11.8. The monoisotopic (exact) mass is 284 g/mol. The van der Waals surface area contributed by atoms with E-state index in [1.807, 2.05) is 0 Å². The highest BCUT2D eigenvalue weighted by Crippen LogP contribution is 2.23. The van der Waals surface area contributed by atoms with Gasteiger partial charge in [-0.05, 0) is 25.7 Å². The summed E-state index contributed by atoms with van der Waals surface area (Å²) in [4.78, 5) is 0. The van der Waals surface area contributed by atoms with Gasteiger partial charge in [-0.25, -0.2) is 21.1 Å². The van der Waals surface area contributed by atoms with Crippen LogP contribution in [-0.2, 0) is 19.9 Å². The summed E-state index contributed by atoms with van der Waals surface area (Å²) in [6, 6.07) is 0.0128. The van der Waals surface area contributed by atoms with E-state index in [0.717, 1.165) is 19.1 Å². The van der Waals surface area contributed by atoms with E-state index in [1.54, 1.807) is 0 Å². The minimum absolute atomic E-state index is 0.124. The van der Waals surface area contributed by atoms with Crippen LogP contribution < -0.4 is 5.73 Å². The SMILES string of the molecule is CN(C1CCC(N)CC1)S(=O)(=O)CS(C)(=O)=O. The average molecular weight is 284 g/mol. The molecule has 0 aromatic rings. The fourth-order valence-electron chi connectivity index (χ4n) is 2.05. The summed E-state index contributed by atoms with van der Waals surface area (Å²) in [5.74, 6) is 0. The maximum absolute atomic E-state index is 11.8. The van der Waals surface area contributed by atoms with Gasteiger partial charge < -0.3 is 5.73 Å². The van der Waals surface area contributed by atoms with E-state index in [0.29, 0.717) is 12.8 Å². The molecule has 1 fully saturated rings. The zero-order valence-electron chi connectivity index (χ0n) is 10.2. The van der Waals surface area contributed by atoms with Gasteiger partial charge in [-0.2, -0.15) is 0 Å². The molecule has 0 radical (unpaired) electrons. The van der Waals surface area contributed by atoms with Crippen LogP contribution in [0.25, 0.3) is 0 Å². The lowest BCUT2D eigenvalue weighted by atomic mass is 9.92. The van der Waals surface area contributed by atoms with Crippen LogP contribution >= 0.6 is 0 Å². The lowest BCUT2D eigenvalue weighted by Gasteiger charge is -2.32. The predicted molar refractivity (Wildman–Crippen MR) is 66.6 cm³/mol. The van der Waals surface area contributed by atoms with Gasteiger partial charge in [0, 0.05) is 25.4 Å². The number of nitrogens with zero attached hydrogens (tertiary/aromatic N) is 1. The van der Waals surface area contributed by atoms with E-state index in [4.69, 9.17) is 5.73 Å². The second-order valence-corrected chi connectivity index (χ2v) is 9.27. The molecule has 1 saturated carbocycles. The first-order valence-electron chi connectivity index (χ1n) is 5.51. The molecule has 0 aromatic carbocycles. The number of sulfonamides is 1. The molecule has 0 aliphatic heterocycles. The lowest BCUT2D eigenvalue weighted by Crippen LogP contribution is -2.43. The normalized spacial score (nSPS) is 27.3. The average Bonchev–Trinajstić information content (AvgIpc) is 2.14. The Bertz CT molecular complexity index is 449. The van der Waals surface area contributed by atoms with Crippen molar-refractivity contribution >= 4 is 19.9 Å². The molecule has 0 unspecified atom stereocenters. The quantitative estimate of drug-likeness (QED) is 0.752. The van der Waals surface area contributed by atoms with Crippen LogP contribution in [0.2, 0.25) is 0 Å². The third kappa shape index (κ3) is 4.53. The maximum atomic E-state index is 11.8. The van der Waals surface area contributed by atoms with Crippen LogP contribution in [0.3, 0.4) is 0 Å². The van der Waals surface area contributed by atoms with E-state index in [-0.39, 0.29) is 12.1 Å². The van der Waals surface area contributed by atoms with Gasteiger partial charge >= 0.3 is 0 Å². The van der Waals surface area contributed by atoms with Crippen LogP contribution in [0, 0.1) is 0 Å². The molecule has 1 aliphatic carbocycles. The Morgan fingerprint density at radius 1 is 1.12 bits per heavy atom. The number of hydrogen-bond donors (Lipinski definition) is 1. The highest BCUT2D eigenvalue weighted by Gasteiger charge is 2.31. The molecule has 0 spiro atoms. The molecule has 0 aromatic heterocycles. The Morgan fingerprint density at radius 2 is 1.59 bits per heavy atom. The second kappa shape index (κ2) is 5.21. The summed E-state index contributed by atoms with van der Waals surface area (Å²) in [5, 5.41) is -0.820. The molecule has 17 heavy (non-hydrogen) atoms. The molecule has 1 rings (SSSR count). The van der Waals surface area contributed by atoms with Crippen molar-refractivity contribution in [2.45, 2.75) is 37.8 Å². The van der Waals surface area contributed by atoms with Crippen molar-refractivity contribution in [3.05, 3.63) is 0 Å². The Morgan fingerprint density at radius 3 is 2.00 bits per heavy atom. The van der Waals surface area contributed by atoms with Crippen LogP contribution in [0.1, 0.15) is 25.7 Å². The fraction of sp³-hybridized carbons (Fsp3) is 1.00. The molecule has 0 amide bonds. The predicted octanol–water partition coefficient (Wildman–Crippen LogP) is -0.480. The number of nitrogens with two attached hydrogens (primary N) is 1. The molecule has 0 atom stereocenters. The van der Waals surface area contributed by atoms with Gasteiger partial charge in [0.2, 0.25) is 10.0 Å². The molecular weight excluding hydrogens is 264 g/mol. The Hall–Kier alpha value is -0.180. The van der Waals surface area contributed by atoms with Crippen molar-refractivity contribution in [1.29, 1.82) is 0 Å². The molecule has 2 N–H and O–H groups in total. The summed E-state index contributed by atoms with van der Waals surface area (Å²) >= 11 is 0. The standard InChI is InChI=1S/C9H20N2O4S2/c1-11(9-5-3-8(10)4-6-9)17(14,15)7-16(2,12)13/h8-9H,3-7,10H2,1-2H3. The number of sulfone groups is 1. The highest BCUT2D eigenvalue weighted by molar-refractivity contribution is 8.06. The van der Waals surface area contributed by atoms with Crippen molar-refractivity contribution < 1.29 is 16.8 Å². The highest BCUT2D eigenvalue weighted by atomic mass is 32.3. The number of hydrogen-bond acceptors (Lipinski definition) is 5. The number of rotatable bonds is 4. The van der Waals surface area contributed by atoms with Gasteiger partial charge in [-0.1, -0.05) is 0 Å². The largest absolute Gasteiger partial charge is 0.328 e. The summed E-state index contributed by atoms with van der Waals surface area (Å²) in [6.45, 7) is 0. The molecule has 8 heteroatoms. The minimum atomic E-state index is -3.73. The molecule has 1 aliphatic rings. The topological polar surface area (TPSA) is 97.5 Å². The van der Waals surface area contributed by atoms with E-state index >= 15 is 0 Å². The van der Waals surface area contributed by atoms with Gasteiger partial charge in [0.05, 0.1) is 0 Å². The summed E-state index contributed by atoms with van der Waals surface area (Å²) < 4.78 is 47.0.